The fraction of sp³-hybridized carbons (Fsp3) is 0.867. The van der Waals surface area contributed by atoms with Crippen LogP contribution in [0.15, 0.2) is 0 Å². The standard InChI is InChI=1S/C15H26N2O4/c1-2-21-13-5-8-16(9-6-13)15(20)17-7-3-4-12(11-17)10-14(18)19/h12-13H,2-11H2,1H3,(H,18,19). The number of carboxylic acids is 1. The number of carboxylic acid groups (broad SMARTS) is 1. The molecule has 2 fully saturated rings. The lowest BCUT2D eigenvalue weighted by Crippen LogP contribution is -2.50. The van der Waals surface area contributed by atoms with Gasteiger partial charge in [-0.25, -0.2) is 4.79 Å². The molecule has 0 saturated carbocycles. The highest BCUT2D eigenvalue weighted by atomic mass is 16.5. The van der Waals surface area contributed by atoms with Crippen LogP contribution in [-0.2, 0) is 9.53 Å². The lowest BCUT2D eigenvalue weighted by Gasteiger charge is -2.38. The van der Waals surface area contributed by atoms with Gasteiger partial charge >= 0.3 is 12.0 Å². The number of rotatable bonds is 4. The van der Waals surface area contributed by atoms with Crippen molar-refractivity contribution < 1.29 is 19.4 Å². The molecule has 1 unspecified atom stereocenters. The molecule has 2 aliphatic heterocycles. The van der Waals surface area contributed by atoms with Crippen LogP contribution in [0.25, 0.3) is 0 Å². The molecule has 0 radical (unpaired) electrons. The topological polar surface area (TPSA) is 70.1 Å². The van der Waals surface area contributed by atoms with Gasteiger partial charge in [0.05, 0.1) is 6.10 Å². The Morgan fingerprint density at radius 3 is 2.48 bits per heavy atom. The molecule has 120 valence electrons. The lowest BCUT2D eigenvalue weighted by atomic mass is 9.95. The van der Waals surface area contributed by atoms with Gasteiger partial charge in [-0.2, -0.15) is 0 Å². The number of urea groups is 1. The van der Waals surface area contributed by atoms with Crippen LogP contribution in [0, 0.1) is 5.92 Å². The smallest absolute Gasteiger partial charge is 0.320 e. The number of likely N-dealkylation sites (tertiary alicyclic amines) is 2. The molecule has 0 aromatic rings. The number of ether oxygens (including phenoxy) is 1. The number of aliphatic carboxylic acids is 1. The average Bonchev–Trinajstić information content (AvgIpc) is 2.47. The molecule has 0 spiro atoms. The van der Waals surface area contributed by atoms with E-state index in [0.717, 1.165) is 51.9 Å². The Morgan fingerprint density at radius 1 is 1.14 bits per heavy atom. The Morgan fingerprint density at radius 2 is 1.86 bits per heavy atom. The van der Waals surface area contributed by atoms with Gasteiger partial charge in [-0.3, -0.25) is 4.79 Å². The normalized spacial score (nSPS) is 24.1. The van der Waals surface area contributed by atoms with Crippen molar-refractivity contribution in [2.24, 2.45) is 5.92 Å². The van der Waals surface area contributed by atoms with Crippen LogP contribution in [0.2, 0.25) is 0 Å². The molecule has 2 aliphatic rings. The van der Waals surface area contributed by atoms with E-state index in [0.29, 0.717) is 6.54 Å². The molecule has 2 saturated heterocycles. The SMILES string of the molecule is CCOC1CCN(C(=O)N2CCCC(CC(=O)O)C2)CC1. The van der Waals surface area contributed by atoms with Crippen LogP contribution in [-0.4, -0.2) is 65.8 Å². The fourth-order valence-electron chi connectivity index (χ4n) is 3.30. The van der Waals surface area contributed by atoms with Crippen molar-refractivity contribution in [3.05, 3.63) is 0 Å². The molecule has 2 rings (SSSR count). The van der Waals surface area contributed by atoms with Gasteiger partial charge in [0.15, 0.2) is 0 Å². The highest BCUT2D eigenvalue weighted by Crippen LogP contribution is 2.22. The molecule has 2 amide bonds. The molecule has 2 heterocycles. The maximum atomic E-state index is 12.5. The molecule has 0 bridgehead atoms. The summed E-state index contributed by atoms with van der Waals surface area (Å²) in [5.74, 6) is -0.673. The highest BCUT2D eigenvalue weighted by molar-refractivity contribution is 5.75. The van der Waals surface area contributed by atoms with Crippen LogP contribution in [0.4, 0.5) is 4.79 Å². The van der Waals surface area contributed by atoms with E-state index in [4.69, 9.17) is 9.84 Å². The third-order valence-electron chi connectivity index (χ3n) is 4.37. The highest BCUT2D eigenvalue weighted by Gasteiger charge is 2.30. The third kappa shape index (κ3) is 4.59. The fourth-order valence-corrected chi connectivity index (χ4v) is 3.30. The lowest BCUT2D eigenvalue weighted by molar-refractivity contribution is -0.138. The van der Waals surface area contributed by atoms with E-state index in [-0.39, 0.29) is 24.5 Å². The van der Waals surface area contributed by atoms with E-state index < -0.39 is 5.97 Å². The summed E-state index contributed by atoms with van der Waals surface area (Å²) < 4.78 is 5.60. The minimum absolute atomic E-state index is 0.0695. The van der Waals surface area contributed by atoms with Gasteiger partial charge in [-0.1, -0.05) is 0 Å². The third-order valence-corrected chi connectivity index (χ3v) is 4.37. The summed E-state index contributed by atoms with van der Waals surface area (Å²) in [5.41, 5.74) is 0. The van der Waals surface area contributed by atoms with Crippen molar-refractivity contribution in [2.75, 3.05) is 32.8 Å². The van der Waals surface area contributed by atoms with Crippen LogP contribution >= 0.6 is 0 Å². The zero-order valence-corrected chi connectivity index (χ0v) is 12.8. The number of amides is 2. The maximum absolute atomic E-state index is 12.5. The van der Waals surface area contributed by atoms with Gasteiger partial charge in [0, 0.05) is 39.2 Å². The molecular formula is C15H26N2O4. The number of nitrogens with zero attached hydrogens (tertiary/aromatic N) is 2. The quantitative estimate of drug-likeness (QED) is 0.859. The van der Waals surface area contributed by atoms with Gasteiger partial charge in [0.2, 0.25) is 0 Å². The molecule has 1 N–H and O–H groups in total. The van der Waals surface area contributed by atoms with Crippen molar-refractivity contribution in [3.63, 3.8) is 0 Å². The first kappa shape index (κ1) is 16.1. The predicted molar refractivity (Wildman–Crippen MR) is 78.2 cm³/mol. The molecule has 0 aliphatic carbocycles. The first-order valence-corrected chi connectivity index (χ1v) is 7.97. The van der Waals surface area contributed by atoms with Crippen molar-refractivity contribution in [1.29, 1.82) is 0 Å². The predicted octanol–water partition coefficient (Wildman–Crippen LogP) is 1.79. The van der Waals surface area contributed by atoms with Crippen molar-refractivity contribution >= 4 is 12.0 Å². The van der Waals surface area contributed by atoms with Gasteiger partial charge in [-0.15, -0.1) is 0 Å². The molecule has 0 aromatic heterocycles. The summed E-state index contributed by atoms with van der Waals surface area (Å²) in [7, 11) is 0. The van der Waals surface area contributed by atoms with Crippen molar-refractivity contribution in [1.82, 2.24) is 9.80 Å². The maximum Gasteiger partial charge on any atom is 0.320 e. The van der Waals surface area contributed by atoms with Gasteiger partial charge in [0.25, 0.3) is 0 Å². The van der Waals surface area contributed by atoms with E-state index in [1.165, 1.54) is 0 Å². The zero-order valence-electron chi connectivity index (χ0n) is 12.8. The summed E-state index contributed by atoms with van der Waals surface area (Å²) in [6, 6.07) is 0.0695. The number of piperidine rings is 2. The summed E-state index contributed by atoms with van der Waals surface area (Å²) in [5, 5.41) is 8.89. The number of carbonyl (C=O) groups is 2. The minimum Gasteiger partial charge on any atom is -0.481 e. The average molecular weight is 298 g/mol. The van der Waals surface area contributed by atoms with E-state index >= 15 is 0 Å². The monoisotopic (exact) mass is 298 g/mol. The van der Waals surface area contributed by atoms with E-state index in [9.17, 15) is 9.59 Å². The number of hydrogen-bond donors (Lipinski definition) is 1. The van der Waals surface area contributed by atoms with Crippen LogP contribution < -0.4 is 0 Å². The van der Waals surface area contributed by atoms with E-state index in [1.54, 1.807) is 0 Å². The van der Waals surface area contributed by atoms with Crippen molar-refractivity contribution in [2.45, 2.75) is 45.1 Å². The first-order valence-electron chi connectivity index (χ1n) is 7.97. The number of carbonyl (C=O) groups excluding carboxylic acids is 1. The summed E-state index contributed by atoms with van der Waals surface area (Å²) in [4.78, 5) is 27.0. The molecule has 6 nitrogen and oxygen atoms in total. The Kier molecular flexibility index (Phi) is 5.85. The second-order valence-corrected chi connectivity index (χ2v) is 5.98. The van der Waals surface area contributed by atoms with Gasteiger partial charge in [0.1, 0.15) is 0 Å². The Labute approximate surface area is 126 Å². The van der Waals surface area contributed by atoms with Crippen LogP contribution in [0.1, 0.15) is 39.0 Å². The Bertz CT molecular complexity index is 367. The van der Waals surface area contributed by atoms with E-state index in [1.807, 2.05) is 16.7 Å². The second-order valence-electron chi connectivity index (χ2n) is 5.98. The molecule has 6 heteroatoms. The van der Waals surface area contributed by atoms with Gasteiger partial charge in [-0.05, 0) is 38.5 Å². The summed E-state index contributed by atoms with van der Waals surface area (Å²) in [6.07, 6.45) is 4.04. The molecular weight excluding hydrogens is 272 g/mol. The van der Waals surface area contributed by atoms with E-state index in [2.05, 4.69) is 0 Å². The second kappa shape index (κ2) is 7.64. The summed E-state index contributed by atoms with van der Waals surface area (Å²) in [6.45, 7) is 5.53. The molecule has 0 aromatic carbocycles. The molecule has 21 heavy (non-hydrogen) atoms. The largest absolute Gasteiger partial charge is 0.481 e. The zero-order chi connectivity index (χ0) is 15.2. The molecule has 1 atom stereocenters. The summed E-state index contributed by atoms with van der Waals surface area (Å²) >= 11 is 0. The van der Waals surface area contributed by atoms with Crippen LogP contribution in [0.5, 0.6) is 0 Å². The van der Waals surface area contributed by atoms with Crippen LogP contribution in [0.3, 0.4) is 0 Å². The first-order chi connectivity index (χ1) is 10.1. The Hall–Kier alpha value is -1.30. The minimum atomic E-state index is -0.771. The van der Waals surface area contributed by atoms with Gasteiger partial charge < -0.3 is 19.6 Å². The number of hydrogen-bond acceptors (Lipinski definition) is 3. The Balaban J connectivity index is 1.81. The van der Waals surface area contributed by atoms with Crippen molar-refractivity contribution in [3.8, 4) is 0 Å².